The molecule has 0 aromatic carbocycles. The second kappa shape index (κ2) is 8.71. The van der Waals surface area contributed by atoms with Gasteiger partial charge in [0.2, 0.25) is 0 Å². The van der Waals surface area contributed by atoms with Crippen molar-refractivity contribution in [1.82, 2.24) is 14.7 Å². The van der Waals surface area contributed by atoms with Gasteiger partial charge in [-0.15, -0.1) is 0 Å². The van der Waals surface area contributed by atoms with Crippen LogP contribution in [0.2, 0.25) is 0 Å². The van der Waals surface area contributed by atoms with Crippen LogP contribution in [0.3, 0.4) is 0 Å². The molecule has 1 aliphatic heterocycles. The third-order valence-electron chi connectivity index (χ3n) is 4.43. The van der Waals surface area contributed by atoms with Crippen molar-refractivity contribution in [1.29, 1.82) is 0 Å². The fourth-order valence-corrected chi connectivity index (χ4v) is 2.59. The van der Waals surface area contributed by atoms with Crippen molar-refractivity contribution in [3.63, 3.8) is 0 Å². The number of likely N-dealkylation sites (N-methyl/N-ethyl adjacent to an activating group) is 1. The van der Waals surface area contributed by atoms with E-state index in [0.29, 0.717) is 0 Å². The number of rotatable bonds is 9. The highest BCUT2D eigenvalue weighted by atomic mass is 16.4. The number of carbonyl (C=O) groups is 1. The van der Waals surface area contributed by atoms with Crippen molar-refractivity contribution in [2.24, 2.45) is 5.41 Å². The molecule has 0 aromatic rings. The van der Waals surface area contributed by atoms with E-state index in [4.69, 9.17) is 5.11 Å². The minimum Gasteiger partial charge on any atom is -0.481 e. The SMILES string of the molecule is CN(C)CCN1CCN(CCCCC(C)(C)C(=O)O)CC1. The smallest absolute Gasteiger partial charge is 0.309 e. The molecule has 0 atom stereocenters. The van der Waals surface area contributed by atoms with Gasteiger partial charge in [0, 0.05) is 39.3 Å². The standard InChI is InChI=1S/C16H33N3O2/c1-16(2,15(20)21)7-5-6-8-18-11-13-19(14-12-18)10-9-17(3)4/h5-14H2,1-4H3,(H,20,21). The second-order valence-corrected chi connectivity index (χ2v) is 7.13. The number of aliphatic carboxylic acids is 1. The lowest BCUT2D eigenvalue weighted by molar-refractivity contribution is -0.147. The van der Waals surface area contributed by atoms with Gasteiger partial charge in [0.25, 0.3) is 0 Å². The first kappa shape index (κ1) is 18.4. The van der Waals surface area contributed by atoms with Gasteiger partial charge in [0.1, 0.15) is 0 Å². The van der Waals surface area contributed by atoms with Gasteiger partial charge in [-0.3, -0.25) is 9.69 Å². The van der Waals surface area contributed by atoms with Crippen LogP contribution in [0.5, 0.6) is 0 Å². The van der Waals surface area contributed by atoms with E-state index in [-0.39, 0.29) is 0 Å². The molecule has 0 saturated carbocycles. The van der Waals surface area contributed by atoms with Crippen molar-refractivity contribution >= 4 is 5.97 Å². The normalized spacial score (nSPS) is 18.3. The Morgan fingerprint density at radius 2 is 1.57 bits per heavy atom. The van der Waals surface area contributed by atoms with Gasteiger partial charge in [-0.2, -0.15) is 0 Å². The van der Waals surface area contributed by atoms with E-state index in [2.05, 4.69) is 28.8 Å². The Bertz CT molecular complexity index is 311. The monoisotopic (exact) mass is 299 g/mol. The van der Waals surface area contributed by atoms with Crippen molar-refractivity contribution < 1.29 is 9.90 Å². The Kier molecular flexibility index (Phi) is 7.63. The molecule has 1 aliphatic rings. The molecule has 1 fully saturated rings. The highest BCUT2D eigenvalue weighted by molar-refractivity contribution is 5.73. The first-order valence-corrected chi connectivity index (χ1v) is 8.14. The summed E-state index contributed by atoms with van der Waals surface area (Å²) in [7, 11) is 4.24. The Labute approximate surface area is 129 Å². The number of carboxylic acid groups (broad SMARTS) is 1. The summed E-state index contributed by atoms with van der Waals surface area (Å²) in [6.45, 7) is 11.7. The average Bonchev–Trinajstić information content (AvgIpc) is 2.42. The lowest BCUT2D eigenvalue weighted by Crippen LogP contribution is -2.48. The Morgan fingerprint density at radius 3 is 2.05 bits per heavy atom. The molecule has 1 rings (SSSR count). The Balaban J connectivity index is 2.09. The van der Waals surface area contributed by atoms with Gasteiger partial charge < -0.3 is 14.9 Å². The molecule has 1 N–H and O–H groups in total. The third-order valence-corrected chi connectivity index (χ3v) is 4.43. The molecule has 0 radical (unpaired) electrons. The average molecular weight is 299 g/mol. The summed E-state index contributed by atoms with van der Waals surface area (Å²) in [4.78, 5) is 18.3. The summed E-state index contributed by atoms with van der Waals surface area (Å²) in [6, 6.07) is 0. The molecule has 21 heavy (non-hydrogen) atoms. The van der Waals surface area contributed by atoms with Crippen LogP contribution >= 0.6 is 0 Å². The third kappa shape index (κ3) is 7.25. The summed E-state index contributed by atoms with van der Waals surface area (Å²) < 4.78 is 0. The van der Waals surface area contributed by atoms with Gasteiger partial charge in [-0.05, 0) is 47.3 Å². The molecule has 0 aromatic heterocycles. The van der Waals surface area contributed by atoms with E-state index in [0.717, 1.165) is 65.1 Å². The molecule has 0 unspecified atom stereocenters. The van der Waals surface area contributed by atoms with E-state index < -0.39 is 11.4 Å². The maximum absolute atomic E-state index is 11.0. The maximum atomic E-state index is 11.0. The fourth-order valence-electron chi connectivity index (χ4n) is 2.59. The minimum absolute atomic E-state index is 0.578. The molecule has 5 heteroatoms. The summed E-state index contributed by atoms with van der Waals surface area (Å²) in [5, 5.41) is 9.09. The van der Waals surface area contributed by atoms with Crippen LogP contribution < -0.4 is 0 Å². The van der Waals surface area contributed by atoms with Crippen molar-refractivity contribution in [2.75, 3.05) is 59.9 Å². The second-order valence-electron chi connectivity index (χ2n) is 7.13. The van der Waals surface area contributed by atoms with Crippen molar-refractivity contribution in [3.8, 4) is 0 Å². The van der Waals surface area contributed by atoms with E-state index in [1.54, 1.807) is 0 Å². The predicted molar refractivity (Wildman–Crippen MR) is 86.7 cm³/mol. The van der Waals surface area contributed by atoms with Crippen LogP contribution in [0.4, 0.5) is 0 Å². The summed E-state index contributed by atoms with van der Waals surface area (Å²) in [5.74, 6) is -0.683. The molecular weight excluding hydrogens is 266 g/mol. The lowest BCUT2D eigenvalue weighted by atomic mass is 9.87. The van der Waals surface area contributed by atoms with Gasteiger partial charge >= 0.3 is 5.97 Å². The number of carboxylic acids is 1. The molecular formula is C16H33N3O2. The molecule has 1 heterocycles. The lowest BCUT2D eigenvalue weighted by Gasteiger charge is -2.35. The van der Waals surface area contributed by atoms with Crippen LogP contribution in [0.25, 0.3) is 0 Å². The number of hydrogen-bond donors (Lipinski definition) is 1. The van der Waals surface area contributed by atoms with E-state index in [1.165, 1.54) is 0 Å². The Morgan fingerprint density at radius 1 is 1.05 bits per heavy atom. The van der Waals surface area contributed by atoms with Crippen molar-refractivity contribution in [3.05, 3.63) is 0 Å². The largest absolute Gasteiger partial charge is 0.481 e. The topological polar surface area (TPSA) is 47.0 Å². The molecule has 5 nitrogen and oxygen atoms in total. The summed E-state index contributed by atoms with van der Waals surface area (Å²) >= 11 is 0. The molecule has 0 aliphatic carbocycles. The highest BCUT2D eigenvalue weighted by Gasteiger charge is 2.26. The van der Waals surface area contributed by atoms with E-state index in [1.807, 2.05) is 13.8 Å². The first-order chi connectivity index (χ1) is 9.81. The number of piperazine rings is 1. The highest BCUT2D eigenvalue weighted by Crippen LogP contribution is 2.23. The molecule has 124 valence electrons. The summed E-state index contributed by atoms with van der Waals surface area (Å²) in [5.41, 5.74) is -0.578. The molecule has 0 bridgehead atoms. The van der Waals surface area contributed by atoms with Crippen LogP contribution in [0.15, 0.2) is 0 Å². The number of nitrogens with zero attached hydrogens (tertiary/aromatic N) is 3. The minimum atomic E-state index is -0.683. The quantitative estimate of drug-likeness (QED) is 0.653. The van der Waals surface area contributed by atoms with E-state index in [9.17, 15) is 4.79 Å². The van der Waals surface area contributed by atoms with Crippen LogP contribution in [0.1, 0.15) is 33.1 Å². The van der Waals surface area contributed by atoms with Crippen LogP contribution in [-0.2, 0) is 4.79 Å². The Hall–Kier alpha value is -0.650. The molecule has 0 spiro atoms. The first-order valence-electron chi connectivity index (χ1n) is 8.14. The fraction of sp³-hybridized carbons (Fsp3) is 0.938. The van der Waals surface area contributed by atoms with E-state index >= 15 is 0 Å². The van der Waals surface area contributed by atoms with Gasteiger partial charge in [0.05, 0.1) is 5.41 Å². The predicted octanol–water partition coefficient (Wildman–Crippen LogP) is 1.45. The summed E-state index contributed by atoms with van der Waals surface area (Å²) in [6.07, 6.45) is 2.87. The van der Waals surface area contributed by atoms with Crippen molar-refractivity contribution in [2.45, 2.75) is 33.1 Å². The maximum Gasteiger partial charge on any atom is 0.309 e. The zero-order chi connectivity index (χ0) is 15.9. The number of hydrogen-bond acceptors (Lipinski definition) is 4. The number of unbranched alkanes of at least 4 members (excludes halogenated alkanes) is 1. The molecule has 0 amide bonds. The van der Waals surface area contributed by atoms with Gasteiger partial charge in [-0.25, -0.2) is 0 Å². The van der Waals surface area contributed by atoms with Crippen LogP contribution in [-0.4, -0.2) is 85.7 Å². The van der Waals surface area contributed by atoms with Gasteiger partial charge in [0.15, 0.2) is 0 Å². The zero-order valence-corrected chi connectivity index (χ0v) is 14.3. The van der Waals surface area contributed by atoms with Gasteiger partial charge in [-0.1, -0.05) is 6.42 Å². The molecule has 1 saturated heterocycles. The zero-order valence-electron chi connectivity index (χ0n) is 14.3. The van der Waals surface area contributed by atoms with Crippen LogP contribution in [0, 0.1) is 5.41 Å².